The Morgan fingerprint density at radius 3 is 2.00 bits per heavy atom. The van der Waals surface area contributed by atoms with Crippen LogP contribution in [0, 0.1) is 23.7 Å². The first-order valence-electron chi connectivity index (χ1n) is 10.2. The highest BCUT2D eigenvalue weighted by Gasteiger charge is 2.56. The molecule has 4 atom stereocenters. The number of anilines is 2. The quantitative estimate of drug-likeness (QED) is 0.594. The number of hydrogen-bond acceptors (Lipinski definition) is 3. The lowest BCUT2D eigenvalue weighted by Gasteiger charge is -2.38. The summed E-state index contributed by atoms with van der Waals surface area (Å²) < 4.78 is 0. The number of carbonyl (C=O) groups excluding carboxylic acids is 3. The summed E-state index contributed by atoms with van der Waals surface area (Å²) in [6, 6.07) is 14.0. The molecule has 2 fully saturated rings. The smallest absolute Gasteiger partial charge is 0.238 e. The Morgan fingerprint density at radius 2 is 1.47 bits per heavy atom. The van der Waals surface area contributed by atoms with Gasteiger partial charge in [-0.3, -0.25) is 19.3 Å². The molecule has 1 saturated carbocycles. The fourth-order valence-electron chi connectivity index (χ4n) is 5.02. The van der Waals surface area contributed by atoms with Gasteiger partial charge in [0.15, 0.2) is 0 Å². The van der Waals surface area contributed by atoms with Crippen molar-refractivity contribution in [1.29, 1.82) is 0 Å². The summed E-state index contributed by atoms with van der Waals surface area (Å²) in [7, 11) is 0. The molecule has 3 aliphatic carbocycles. The van der Waals surface area contributed by atoms with E-state index in [0.29, 0.717) is 16.4 Å². The molecule has 4 unspecified atom stereocenters. The van der Waals surface area contributed by atoms with Crippen LogP contribution in [0.3, 0.4) is 0 Å². The molecule has 0 spiro atoms. The first kappa shape index (κ1) is 19.1. The van der Waals surface area contributed by atoms with Gasteiger partial charge in [0.25, 0.3) is 0 Å². The summed E-state index contributed by atoms with van der Waals surface area (Å²) >= 11 is 5.86. The third-order valence-electron chi connectivity index (χ3n) is 6.45. The third-order valence-corrected chi connectivity index (χ3v) is 6.70. The number of carbonyl (C=O) groups is 3. The Hall–Kier alpha value is -2.92. The number of nitrogens with zero attached hydrogens (tertiary/aromatic N) is 1. The maximum atomic E-state index is 13.0. The van der Waals surface area contributed by atoms with Crippen LogP contribution in [0.1, 0.15) is 18.4 Å². The topological polar surface area (TPSA) is 66.5 Å². The van der Waals surface area contributed by atoms with Crippen LogP contribution < -0.4 is 10.2 Å². The highest BCUT2D eigenvalue weighted by Crippen LogP contribution is 2.50. The van der Waals surface area contributed by atoms with Gasteiger partial charge >= 0.3 is 0 Å². The predicted octanol–water partition coefficient (Wildman–Crippen LogP) is 4.22. The maximum Gasteiger partial charge on any atom is 0.238 e. The molecule has 4 aliphatic rings. The van der Waals surface area contributed by atoms with Gasteiger partial charge < -0.3 is 5.32 Å². The van der Waals surface area contributed by atoms with Crippen LogP contribution in [-0.2, 0) is 20.8 Å². The normalized spacial score (nSPS) is 26.8. The predicted molar refractivity (Wildman–Crippen MR) is 115 cm³/mol. The Morgan fingerprint density at radius 1 is 0.900 bits per heavy atom. The molecule has 1 aliphatic heterocycles. The van der Waals surface area contributed by atoms with Crippen molar-refractivity contribution in [1.82, 2.24) is 0 Å². The van der Waals surface area contributed by atoms with Gasteiger partial charge in [-0.15, -0.1) is 0 Å². The average Bonchev–Trinajstić information content (AvgIpc) is 3.04. The minimum absolute atomic E-state index is 0.0859. The molecule has 2 aromatic carbocycles. The van der Waals surface area contributed by atoms with Gasteiger partial charge in [-0.1, -0.05) is 35.9 Å². The van der Waals surface area contributed by atoms with Crippen molar-refractivity contribution in [2.45, 2.75) is 19.3 Å². The van der Waals surface area contributed by atoms with Crippen LogP contribution in [0.5, 0.6) is 0 Å². The van der Waals surface area contributed by atoms with E-state index in [0.717, 1.165) is 18.4 Å². The van der Waals surface area contributed by atoms with Crippen molar-refractivity contribution in [3.8, 4) is 0 Å². The zero-order valence-corrected chi connectivity index (χ0v) is 17.0. The Kier molecular flexibility index (Phi) is 4.70. The second-order valence-corrected chi connectivity index (χ2v) is 8.69. The third kappa shape index (κ3) is 3.23. The van der Waals surface area contributed by atoms with E-state index in [-0.39, 0.29) is 47.8 Å². The van der Waals surface area contributed by atoms with E-state index in [1.807, 2.05) is 0 Å². The molecule has 1 heterocycles. The minimum atomic E-state index is -0.217. The molecule has 3 amide bonds. The van der Waals surface area contributed by atoms with Crippen molar-refractivity contribution in [3.63, 3.8) is 0 Å². The molecule has 0 aromatic heterocycles. The second kappa shape index (κ2) is 7.40. The summed E-state index contributed by atoms with van der Waals surface area (Å²) in [4.78, 5) is 39.7. The van der Waals surface area contributed by atoms with Crippen molar-refractivity contribution in [2.24, 2.45) is 23.7 Å². The molecular formula is C24H21ClN2O3. The number of halogens is 1. The Bertz CT molecular complexity index is 1010. The van der Waals surface area contributed by atoms with Gasteiger partial charge in [-0.25, -0.2) is 0 Å². The van der Waals surface area contributed by atoms with Crippen molar-refractivity contribution in [2.75, 3.05) is 10.2 Å². The monoisotopic (exact) mass is 420 g/mol. The van der Waals surface area contributed by atoms with E-state index in [1.54, 1.807) is 48.5 Å². The zero-order valence-electron chi connectivity index (χ0n) is 16.3. The average molecular weight is 421 g/mol. The first-order chi connectivity index (χ1) is 14.5. The highest BCUT2D eigenvalue weighted by atomic mass is 35.5. The highest BCUT2D eigenvalue weighted by molar-refractivity contribution is 6.30. The first-order valence-corrected chi connectivity index (χ1v) is 10.6. The number of imide groups is 1. The Balaban J connectivity index is 1.28. The van der Waals surface area contributed by atoms with Crippen molar-refractivity contribution in [3.05, 3.63) is 71.3 Å². The molecule has 2 aromatic rings. The minimum Gasteiger partial charge on any atom is -0.326 e. The van der Waals surface area contributed by atoms with Crippen molar-refractivity contribution >= 4 is 40.7 Å². The number of fused-ring (bicyclic) bond motifs is 1. The molecule has 6 heteroatoms. The van der Waals surface area contributed by atoms with Gasteiger partial charge in [0.05, 0.1) is 23.9 Å². The molecule has 30 heavy (non-hydrogen) atoms. The van der Waals surface area contributed by atoms with Crippen LogP contribution in [-0.4, -0.2) is 17.7 Å². The summed E-state index contributed by atoms with van der Waals surface area (Å²) in [5.74, 6) is -0.395. The number of rotatable bonds is 4. The van der Waals surface area contributed by atoms with Crippen LogP contribution in [0.15, 0.2) is 60.7 Å². The molecule has 0 radical (unpaired) electrons. The van der Waals surface area contributed by atoms with Gasteiger partial charge in [-0.2, -0.15) is 0 Å². The standard InChI is InChI=1S/C24H21ClN2O3/c25-17-7-9-18(10-8-17)26-20(28)13-14-1-11-19(12-2-14)27-23(29)21-15-3-4-16(6-5-15)22(21)24(27)30/h1-4,7-12,15-16,21-22H,5-6,13H2,(H,26,28). The van der Waals surface area contributed by atoms with Crippen LogP contribution in [0.4, 0.5) is 11.4 Å². The van der Waals surface area contributed by atoms with Crippen LogP contribution in [0.2, 0.25) is 5.02 Å². The number of amides is 3. The van der Waals surface area contributed by atoms with E-state index in [2.05, 4.69) is 17.5 Å². The number of nitrogens with one attached hydrogen (secondary N) is 1. The van der Waals surface area contributed by atoms with E-state index in [1.165, 1.54) is 4.90 Å². The molecule has 1 N–H and O–H groups in total. The second-order valence-electron chi connectivity index (χ2n) is 8.25. The fraction of sp³-hybridized carbons (Fsp3) is 0.292. The molecule has 2 bridgehead atoms. The zero-order chi connectivity index (χ0) is 20.8. The SMILES string of the molecule is O=C(Cc1ccc(N2C(=O)C3C4C=CC(CC4)C3C2=O)cc1)Nc1ccc(Cl)cc1. The molecule has 1 saturated heterocycles. The van der Waals surface area contributed by atoms with Gasteiger partial charge in [0.2, 0.25) is 17.7 Å². The lowest BCUT2D eigenvalue weighted by Crippen LogP contribution is -2.38. The Labute approximate surface area is 179 Å². The van der Waals surface area contributed by atoms with Gasteiger partial charge in [-0.05, 0) is 66.6 Å². The summed E-state index contributed by atoms with van der Waals surface area (Å²) in [5.41, 5.74) is 2.07. The van der Waals surface area contributed by atoms with E-state index in [9.17, 15) is 14.4 Å². The molecular weight excluding hydrogens is 400 g/mol. The van der Waals surface area contributed by atoms with Gasteiger partial charge in [0.1, 0.15) is 0 Å². The molecule has 5 nitrogen and oxygen atoms in total. The molecule has 6 rings (SSSR count). The van der Waals surface area contributed by atoms with Gasteiger partial charge in [0, 0.05) is 10.7 Å². The van der Waals surface area contributed by atoms with E-state index >= 15 is 0 Å². The fourth-order valence-corrected chi connectivity index (χ4v) is 5.14. The lowest BCUT2D eigenvalue weighted by molar-refractivity contribution is -0.124. The van der Waals surface area contributed by atoms with E-state index in [4.69, 9.17) is 11.6 Å². The van der Waals surface area contributed by atoms with Crippen LogP contribution >= 0.6 is 11.6 Å². The summed E-state index contributed by atoms with van der Waals surface area (Å²) in [6.45, 7) is 0. The molecule has 152 valence electrons. The van der Waals surface area contributed by atoms with Crippen LogP contribution in [0.25, 0.3) is 0 Å². The van der Waals surface area contributed by atoms with Crippen molar-refractivity contribution < 1.29 is 14.4 Å². The van der Waals surface area contributed by atoms with E-state index < -0.39 is 0 Å². The maximum absolute atomic E-state index is 13.0. The largest absolute Gasteiger partial charge is 0.326 e. The number of allylic oxidation sites excluding steroid dienone is 2. The summed E-state index contributed by atoms with van der Waals surface area (Å²) in [5, 5.41) is 3.44. The summed E-state index contributed by atoms with van der Waals surface area (Å²) in [6.07, 6.45) is 6.40. The lowest BCUT2D eigenvalue weighted by atomic mass is 9.63. The number of benzene rings is 2. The number of hydrogen-bond donors (Lipinski definition) is 1.